The van der Waals surface area contributed by atoms with Crippen molar-refractivity contribution >= 4 is 0 Å². The van der Waals surface area contributed by atoms with Gasteiger partial charge >= 0.3 is 0 Å². The largest absolute Gasteiger partial charge is 0.264 e. The number of nitro groups is 1. The summed E-state index contributed by atoms with van der Waals surface area (Å²) in [5, 5.41) is 11.6. The highest BCUT2D eigenvalue weighted by Gasteiger charge is 2.47. The molecule has 0 radical (unpaired) electrons. The van der Waals surface area contributed by atoms with Crippen LogP contribution in [-0.4, -0.2) is 10.5 Å². The van der Waals surface area contributed by atoms with Crippen LogP contribution in [0.2, 0.25) is 0 Å². The Morgan fingerprint density at radius 2 is 1.89 bits per heavy atom. The molecule has 2 aliphatic rings. The van der Waals surface area contributed by atoms with Gasteiger partial charge in [-0.05, 0) is 43.4 Å². The first kappa shape index (κ1) is 14.5. The van der Waals surface area contributed by atoms with Crippen LogP contribution in [0.5, 0.6) is 0 Å². The predicted octanol–water partition coefficient (Wildman–Crippen LogP) is 4.74. The number of rotatable bonds is 2. The van der Waals surface area contributed by atoms with E-state index in [1.165, 1.54) is 0 Å². The second-order valence-corrected chi connectivity index (χ2v) is 7.42. The number of allylic oxidation sites excluding steroid dienone is 1. The van der Waals surface area contributed by atoms with Crippen molar-refractivity contribution in [3.05, 3.63) is 21.8 Å². The van der Waals surface area contributed by atoms with Crippen molar-refractivity contribution in [3.8, 4) is 0 Å². The highest BCUT2D eigenvalue weighted by molar-refractivity contribution is 5.20. The highest BCUT2D eigenvalue weighted by atomic mass is 16.6. The van der Waals surface area contributed by atoms with Gasteiger partial charge in [0.1, 0.15) is 0 Å². The van der Waals surface area contributed by atoms with Crippen molar-refractivity contribution in [1.82, 2.24) is 0 Å². The maximum atomic E-state index is 11.6. The average Bonchev–Trinajstić information content (AvgIpc) is 2.38. The van der Waals surface area contributed by atoms with Crippen LogP contribution in [0.4, 0.5) is 0 Å². The Morgan fingerprint density at radius 3 is 2.32 bits per heavy atom. The monoisotopic (exact) mass is 265 g/mol. The SMILES string of the molecule is CC(C)(C)C1CC=C(C2([N+](=O)[O-])CCCCC2)CC1. The molecule has 0 aliphatic heterocycles. The van der Waals surface area contributed by atoms with Crippen LogP contribution >= 0.6 is 0 Å². The molecule has 19 heavy (non-hydrogen) atoms. The summed E-state index contributed by atoms with van der Waals surface area (Å²) in [5.74, 6) is 0.670. The zero-order valence-corrected chi connectivity index (χ0v) is 12.6. The van der Waals surface area contributed by atoms with Crippen molar-refractivity contribution in [2.24, 2.45) is 11.3 Å². The molecule has 0 aromatic rings. The summed E-state index contributed by atoms with van der Waals surface area (Å²) < 4.78 is 0. The average molecular weight is 265 g/mol. The van der Waals surface area contributed by atoms with Gasteiger partial charge in [-0.2, -0.15) is 0 Å². The number of nitrogens with zero attached hydrogens (tertiary/aromatic N) is 1. The van der Waals surface area contributed by atoms with Gasteiger partial charge < -0.3 is 0 Å². The zero-order valence-electron chi connectivity index (χ0n) is 12.6. The molecular formula is C16H27NO2. The molecule has 108 valence electrons. The lowest BCUT2D eigenvalue weighted by Crippen LogP contribution is -2.43. The van der Waals surface area contributed by atoms with Crippen molar-refractivity contribution in [3.63, 3.8) is 0 Å². The van der Waals surface area contributed by atoms with Gasteiger partial charge in [-0.3, -0.25) is 10.1 Å². The summed E-state index contributed by atoms with van der Waals surface area (Å²) in [4.78, 5) is 11.6. The van der Waals surface area contributed by atoms with Crippen molar-refractivity contribution in [2.45, 2.75) is 77.7 Å². The zero-order chi connectivity index (χ0) is 14.1. The topological polar surface area (TPSA) is 43.1 Å². The molecule has 0 N–H and O–H groups in total. The van der Waals surface area contributed by atoms with Gasteiger partial charge in [-0.1, -0.05) is 33.3 Å². The fourth-order valence-corrected chi connectivity index (χ4v) is 3.80. The van der Waals surface area contributed by atoms with E-state index in [4.69, 9.17) is 0 Å². The van der Waals surface area contributed by atoms with Gasteiger partial charge in [0.25, 0.3) is 0 Å². The predicted molar refractivity (Wildman–Crippen MR) is 77.7 cm³/mol. The molecule has 1 saturated carbocycles. The molecule has 1 atom stereocenters. The van der Waals surface area contributed by atoms with Crippen LogP contribution in [0.25, 0.3) is 0 Å². The fourth-order valence-electron chi connectivity index (χ4n) is 3.80. The van der Waals surface area contributed by atoms with Gasteiger partial charge in [-0.25, -0.2) is 0 Å². The quantitative estimate of drug-likeness (QED) is 0.411. The molecule has 0 spiro atoms. The van der Waals surface area contributed by atoms with Gasteiger partial charge in [0.15, 0.2) is 0 Å². The summed E-state index contributed by atoms with van der Waals surface area (Å²) in [6.45, 7) is 6.83. The van der Waals surface area contributed by atoms with Gasteiger partial charge in [0, 0.05) is 23.3 Å². The molecule has 2 aliphatic carbocycles. The molecular weight excluding hydrogens is 238 g/mol. The molecule has 1 fully saturated rings. The molecule has 2 rings (SSSR count). The molecule has 0 aromatic heterocycles. The van der Waals surface area contributed by atoms with E-state index in [2.05, 4.69) is 26.8 Å². The third-order valence-corrected chi connectivity index (χ3v) is 5.26. The van der Waals surface area contributed by atoms with Crippen molar-refractivity contribution in [2.75, 3.05) is 0 Å². The standard InChI is InChI=1S/C16H27NO2/c1-15(2,3)13-7-9-14(10-8-13)16(17(18)19)11-5-4-6-12-16/h9,13H,4-8,10-12H2,1-3H3. The molecule has 0 heterocycles. The van der Waals surface area contributed by atoms with Crippen LogP contribution in [0.3, 0.4) is 0 Å². The van der Waals surface area contributed by atoms with Crippen LogP contribution in [0.15, 0.2) is 11.6 Å². The Morgan fingerprint density at radius 1 is 1.26 bits per heavy atom. The van der Waals surface area contributed by atoms with Gasteiger partial charge in [-0.15, -0.1) is 0 Å². The summed E-state index contributed by atoms with van der Waals surface area (Å²) in [7, 11) is 0. The van der Waals surface area contributed by atoms with Gasteiger partial charge in [0.2, 0.25) is 5.54 Å². The van der Waals surface area contributed by atoms with Crippen LogP contribution in [0.1, 0.15) is 72.1 Å². The Balaban J connectivity index is 2.17. The molecule has 0 aromatic carbocycles. The van der Waals surface area contributed by atoms with Crippen LogP contribution < -0.4 is 0 Å². The molecule has 3 nitrogen and oxygen atoms in total. The smallest absolute Gasteiger partial charge is 0.243 e. The third-order valence-electron chi connectivity index (χ3n) is 5.26. The van der Waals surface area contributed by atoms with Gasteiger partial charge in [0.05, 0.1) is 0 Å². The maximum absolute atomic E-state index is 11.6. The molecule has 1 unspecified atom stereocenters. The minimum atomic E-state index is -0.707. The first-order valence-corrected chi connectivity index (χ1v) is 7.70. The van der Waals surface area contributed by atoms with E-state index >= 15 is 0 Å². The summed E-state index contributed by atoms with van der Waals surface area (Å²) >= 11 is 0. The van der Waals surface area contributed by atoms with E-state index in [9.17, 15) is 10.1 Å². The summed E-state index contributed by atoms with van der Waals surface area (Å²) in [5.41, 5.74) is 0.745. The lowest BCUT2D eigenvalue weighted by molar-refractivity contribution is -0.563. The van der Waals surface area contributed by atoms with E-state index < -0.39 is 5.54 Å². The lowest BCUT2D eigenvalue weighted by Gasteiger charge is -2.37. The Hall–Kier alpha value is -0.860. The van der Waals surface area contributed by atoms with E-state index in [0.717, 1.165) is 56.9 Å². The Kier molecular flexibility index (Phi) is 4.03. The van der Waals surface area contributed by atoms with E-state index in [-0.39, 0.29) is 4.92 Å². The molecule has 0 bridgehead atoms. The number of hydrogen-bond acceptors (Lipinski definition) is 2. The minimum absolute atomic E-state index is 0.0232. The molecule has 3 heteroatoms. The maximum Gasteiger partial charge on any atom is 0.243 e. The second kappa shape index (κ2) is 5.26. The molecule has 0 saturated heterocycles. The third kappa shape index (κ3) is 2.85. The summed E-state index contributed by atoms with van der Waals surface area (Å²) in [6.07, 6.45) is 9.99. The highest BCUT2D eigenvalue weighted by Crippen LogP contribution is 2.44. The van der Waals surface area contributed by atoms with Crippen LogP contribution in [-0.2, 0) is 0 Å². The Bertz CT molecular complexity index is 373. The second-order valence-electron chi connectivity index (χ2n) is 7.42. The fraction of sp³-hybridized carbons (Fsp3) is 0.875. The lowest BCUT2D eigenvalue weighted by atomic mass is 9.68. The molecule has 0 amide bonds. The van der Waals surface area contributed by atoms with E-state index in [1.807, 2.05) is 0 Å². The van der Waals surface area contributed by atoms with E-state index in [1.54, 1.807) is 0 Å². The number of hydrogen-bond donors (Lipinski definition) is 0. The van der Waals surface area contributed by atoms with Crippen molar-refractivity contribution in [1.29, 1.82) is 0 Å². The van der Waals surface area contributed by atoms with E-state index in [0.29, 0.717) is 11.3 Å². The Labute approximate surface area is 116 Å². The first-order chi connectivity index (χ1) is 8.86. The summed E-state index contributed by atoms with van der Waals surface area (Å²) in [6, 6.07) is 0. The minimum Gasteiger partial charge on any atom is -0.264 e. The van der Waals surface area contributed by atoms with Crippen molar-refractivity contribution < 1.29 is 4.92 Å². The normalized spacial score (nSPS) is 27.7. The van der Waals surface area contributed by atoms with Crippen LogP contribution in [0, 0.1) is 21.4 Å². The first-order valence-electron chi connectivity index (χ1n) is 7.70.